The van der Waals surface area contributed by atoms with Crippen LogP contribution >= 0.6 is 7.82 Å². The average Bonchev–Trinajstić information content (AvgIpc) is 3.67. The van der Waals surface area contributed by atoms with Gasteiger partial charge >= 0.3 is 7.82 Å². The minimum Gasteiger partial charge on any atom is -0.492 e. The number of imidazole rings is 2. The first-order valence-electron chi connectivity index (χ1n) is 12.5. The largest absolute Gasteiger partial charge is 0.492 e. The number of nitrogens with two attached hydrogens (primary N) is 1. The van der Waals surface area contributed by atoms with Gasteiger partial charge < -0.3 is 30.3 Å². The number of rotatable bonds is 2. The number of nitrogens with one attached hydrogen (secondary N) is 1. The Morgan fingerprint density at radius 2 is 1.78 bits per heavy atom. The molecule has 18 nitrogen and oxygen atoms in total. The average molecular weight is 595 g/mol. The Kier molecular flexibility index (Phi) is 6.09. The Morgan fingerprint density at radius 3 is 2.59 bits per heavy atom. The molecular formula is C21H23FN9O9P. The molecule has 7 rings (SSSR count). The van der Waals surface area contributed by atoms with E-state index in [4.69, 9.17) is 24.3 Å². The third-order valence-corrected chi connectivity index (χ3v) is 8.55. The first-order chi connectivity index (χ1) is 19.6. The third-order valence-electron chi connectivity index (χ3n) is 7.57. The molecule has 4 aromatic heterocycles. The fourth-order valence-electron chi connectivity index (χ4n) is 5.67. The lowest BCUT2D eigenvalue weighted by Crippen LogP contribution is -2.31. The van der Waals surface area contributed by atoms with Crippen LogP contribution in [0.3, 0.4) is 0 Å². The molecule has 6 N–H and O–H groups in total. The third kappa shape index (κ3) is 4.28. The van der Waals surface area contributed by atoms with Gasteiger partial charge in [0, 0.05) is 5.92 Å². The Balaban J connectivity index is 1.20. The van der Waals surface area contributed by atoms with Crippen LogP contribution in [0.25, 0.3) is 22.3 Å². The van der Waals surface area contributed by atoms with E-state index >= 15 is 4.39 Å². The van der Waals surface area contributed by atoms with E-state index < -0.39 is 69.0 Å². The van der Waals surface area contributed by atoms with Gasteiger partial charge in [-0.15, -0.1) is 0 Å². The summed E-state index contributed by atoms with van der Waals surface area (Å²) in [5, 5.41) is 21.3. The van der Waals surface area contributed by atoms with Crippen molar-refractivity contribution in [3.05, 3.63) is 29.3 Å². The number of hydrogen-bond acceptors (Lipinski definition) is 14. The molecule has 0 amide bonds. The molecule has 0 saturated carbocycles. The van der Waals surface area contributed by atoms with Gasteiger partial charge in [0.05, 0.1) is 31.5 Å². The van der Waals surface area contributed by atoms with E-state index in [1.165, 1.54) is 21.8 Å². The Bertz CT molecular complexity index is 1750. The molecule has 0 radical (unpaired) electrons. The van der Waals surface area contributed by atoms with Crippen molar-refractivity contribution in [3.8, 4) is 5.88 Å². The highest BCUT2D eigenvalue weighted by Crippen LogP contribution is 2.52. The van der Waals surface area contributed by atoms with Crippen molar-refractivity contribution in [2.45, 2.75) is 55.9 Å². The van der Waals surface area contributed by atoms with Gasteiger partial charge in [0.25, 0.3) is 5.56 Å². The minimum atomic E-state index is -4.92. The molecule has 3 aliphatic heterocycles. The van der Waals surface area contributed by atoms with Crippen molar-refractivity contribution in [1.29, 1.82) is 0 Å². The SMILES string of the molecule is Nc1nc2c(ncn2[C@@H]2OC3CC[C@H]4[C@@H](O)[C@H](n5cnc6c(O)ncnc65)O[C@@H]4COP(=O)(O)O[C@@H]2[C@@H]3F)c(=O)[nH]1. The lowest BCUT2D eigenvalue weighted by molar-refractivity contribution is -0.0601. The number of aromatic nitrogens is 8. The van der Waals surface area contributed by atoms with E-state index in [1.54, 1.807) is 0 Å². The molecule has 20 heteroatoms. The topological polar surface area (TPSA) is 248 Å². The fourth-order valence-corrected chi connectivity index (χ4v) is 6.59. The number of phosphoric ester groups is 1. The number of aromatic amines is 1. The molecule has 4 aromatic rings. The summed E-state index contributed by atoms with van der Waals surface area (Å²) in [6, 6.07) is 0. The van der Waals surface area contributed by atoms with Crippen LogP contribution in [0.1, 0.15) is 25.3 Å². The Hall–Kier alpha value is -3.58. The van der Waals surface area contributed by atoms with Gasteiger partial charge in [-0.25, -0.2) is 23.9 Å². The van der Waals surface area contributed by atoms with Crippen LogP contribution in [0.4, 0.5) is 10.3 Å². The van der Waals surface area contributed by atoms with Gasteiger partial charge in [-0.2, -0.15) is 9.97 Å². The van der Waals surface area contributed by atoms with Crippen LogP contribution in [0, 0.1) is 5.92 Å². The highest BCUT2D eigenvalue weighted by molar-refractivity contribution is 7.47. The van der Waals surface area contributed by atoms with Crippen LogP contribution in [0.15, 0.2) is 23.8 Å². The van der Waals surface area contributed by atoms with E-state index in [0.29, 0.717) is 0 Å². The minimum absolute atomic E-state index is 0.0385. The normalized spacial score (nSPS) is 36.0. The summed E-state index contributed by atoms with van der Waals surface area (Å²) >= 11 is 0. The predicted molar refractivity (Wildman–Crippen MR) is 132 cm³/mol. The fraction of sp³-hybridized carbons (Fsp3) is 0.524. The zero-order valence-corrected chi connectivity index (χ0v) is 21.7. The zero-order valence-electron chi connectivity index (χ0n) is 20.8. The number of aromatic hydroxyl groups is 1. The number of ether oxygens (including phenoxy) is 2. The predicted octanol–water partition coefficient (Wildman–Crippen LogP) is -0.347. The standard InChI is InChI=1S/C21H23FN9O9P/c22-10-8-2-1-7-9(39-19(13(7)32)30-5-26-11-15(30)24-4-25-17(11)33)3-37-41(35,36)40-14(10)20(38-8)31-6-27-12-16(31)28-21(23)29-18(12)34/h4-10,13-14,19-20,32H,1-3H2,(H,35,36)(H,24,25,33)(H3,23,28,29,34)/t7-,8?,9-,10-,13-,14-,19-,20-/m1/s1. The maximum absolute atomic E-state index is 15.8. The maximum atomic E-state index is 15.8. The quantitative estimate of drug-likeness (QED) is 0.186. The van der Waals surface area contributed by atoms with E-state index in [-0.39, 0.29) is 47.0 Å². The number of fused-ring (bicyclic) bond motifs is 5. The van der Waals surface area contributed by atoms with Gasteiger partial charge in [0.15, 0.2) is 41.0 Å². The van der Waals surface area contributed by atoms with Crippen molar-refractivity contribution in [2.75, 3.05) is 12.3 Å². The molecule has 2 unspecified atom stereocenters. The number of nitrogens with zero attached hydrogens (tertiary/aromatic N) is 7. The number of anilines is 1. The summed E-state index contributed by atoms with van der Waals surface area (Å²) in [7, 11) is -4.92. The molecule has 3 aliphatic rings. The first kappa shape index (κ1) is 26.3. The monoisotopic (exact) mass is 595 g/mol. The smallest absolute Gasteiger partial charge is 0.472 e. The van der Waals surface area contributed by atoms with Crippen LogP contribution in [0.2, 0.25) is 0 Å². The van der Waals surface area contributed by atoms with E-state index in [1.807, 2.05) is 0 Å². The van der Waals surface area contributed by atoms with Gasteiger partial charge in [0.2, 0.25) is 11.8 Å². The van der Waals surface area contributed by atoms with Gasteiger partial charge in [-0.3, -0.25) is 28.0 Å². The highest BCUT2D eigenvalue weighted by Gasteiger charge is 2.53. The summed E-state index contributed by atoms with van der Waals surface area (Å²) in [6.07, 6.45) is -5.42. The van der Waals surface area contributed by atoms with Crippen molar-refractivity contribution < 1.29 is 42.6 Å². The molecule has 3 saturated heterocycles. The molecule has 41 heavy (non-hydrogen) atoms. The summed E-state index contributed by atoms with van der Waals surface area (Å²) in [6.45, 7) is -0.472. The van der Waals surface area contributed by atoms with Crippen molar-refractivity contribution in [3.63, 3.8) is 0 Å². The summed E-state index contributed by atoms with van der Waals surface area (Å²) < 4.78 is 53.8. The second-order valence-electron chi connectivity index (χ2n) is 9.94. The van der Waals surface area contributed by atoms with Crippen molar-refractivity contribution in [2.24, 2.45) is 5.92 Å². The van der Waals surface area contributed by atoms with Crippen LogP contribution in [-0.2, 0) is 23.1 Å². The van der Waals surface area contributed by atoms with Gasteiger partial charge in [-0.05, 0) is 12.8 Å². The van der Waals surface area contributed by atoms with Crippen molar-refractivity contribution in [1.82, 2.24) is 39.0 Å². The van der Waals surface area contributed by atoms with Crippen LogP contribution in [-0.4, -0.2) is 91.3 Å². The second-order valence-corrected chi connectivity index (χ2v) is 11.3. The number of aliphatic hydroxyl groups excluding tert-OH is 1. The van der Waals surface area contributed by atoms with E-state index in [2.05, 4.69) is 29.9 Å². The number of halogens is 1. The lowest BCUT2D eigenvalue weighted by Gasteiger charge is -2.25. The molecule has 9 atom stereocenters. The number of hydrogen-bond donors (Lipinski definition) is 5. The zero-order chi connectivity index (χ0) is 28.6. The Morgan fingerprint density at radius 1 is 1.05 bits per heavy atom. The number of nitrogen functional groups attached to an aromatic ring is 1. The molecule has 2 bridgehead atoms. The van der Waals surface area contributed by atoms with E-state index in [0.717, 1.165) is 6.33 Å². The second kappa shape index (κ2) is 9.48. The molecular weight excluding hydrogens is 572 g/mol. The number of phosphoric acid groups is 1. The lowest BCUT2D eigenvalue weighted by atomic mass is 9.90. The van der Waals surface area contributed by atoms with Crippen LogP contribution < -0.4 is 11.3 Å². The molecule has 0 aromatic carbocycles. The van der Waals surface area contributed by atoms with Crippen molar-refractivity contribution >= 4 is 36.1 Å². The first-order valence-corrected chi connectivity index (χ1v) is 14.0. The number of H-pyrrole nitrogens is 1. The summed E-state index contributed by atoms with van der Waals surface area (Å²) in [5.41, 5.74) is 5.17. The molecule has 0 spiro atoms. The molecule has 218 valence electrons. The van der Waals surface area contributed by atoms with Gasteiger partial charge in [-0.1, -0.05) is 0 Å². The van der Waals surface area contributed by atoms with E-state index in [9.17, 15) is 24.5 Å². The van der Waals surface area contributed by atoms with Gasteiger partial charge in [0.1, 0.15) is 18.5 Å². The molecule has 0 aliphatic carbocycles. The summed E-state index contributed by atoms with van der Waals surface area (Å²) in [5.74, 6) is -1.28. The molecule has 7 heterocycles. The number of aliphatic hydroxyl groups is 1. The number of alkyl halides is 1. The Labute approximate surface area is 227 Å². The molecule has 3 fully saturated rings. The van der Waals surface area contributed by atoms with Crippen LogP contribution in [0.5, 0.6) is 5.88 Å². The summed E-state index contributed by atoms with van der Waals surface area (Å²) in [4.78, 5) is 45.0. The maximum Gasteiger partial charge on any atom is 0.472 e. The highest BCUT2D eigenvalue weighted by atomic mass is 31.2.